The molecule has 5 rings (SSSR count). The second-order valence-electron chi connectivity index (χ2n) is 10.4. The Morgan fingerprint density at radius 2 is 1.93 bits per heavy atom. The Morgan fingerprint density at radius 1 is 1.13 bits per heavy atom. The molecule has 0 spiro atoms. The van der Waals surface area contributed by atoms with Gasteiger partial charge in [-0.3, -0.25) is 9.69 Å². The number of rotatable bonds is 1. The molecule has 4 nitrogen and oxygen atoms in total. The average molecular weight is 471 g/mol. The smallest absolute Gasteiger partial charge is 0.306 e. The van der Waals surface area contributed by atoms with Crippen LogP contribution in [0.15, 0.2) is 40.5 Å². The lowest BCUT2D eigenvalue weighted by molar-refractivity contribution is -0.118. The summed E-state index contributed by atoms with van der Waals surface area (Å²) in [5.74, 6) is 1.93. The molecule has 0 aromatic heterocycles. The molecule has 2 saturated carbocycles. The number of benzene rings is 1. The fourth-order valence-corrected chi connectivity index (χ4v) is 7.62. The van der Waals surface area contributed by atoms with Gasteiger partial charge < -0.3 is 5.32 Å². The number of carbonyl (C=O) groups is 2. The van der Waals surface area contributed by atoms with E-state index < -0.39 is 0 Å². The molecule has 1 aromatic carbocycles. The van der Waals surface area contributed by atoms with Crippen molar-refractivity contribution < 1.29 is 9.59 Å². The summed E-state index contributed by atoms with van der Waals surface area (Å²) < 4.78 is 0.866. The van der Waals surface area contributed by atoms with Gasteiger partial charge in [0.1, 0.15) is 0 Å². The summed E-state index contributed by atoms with van der Waals surface area (Å²) in [7, 11) is 0. The summed E-state index contributed by atoms with van der Waals surface area (Å²) in [4.78, 5) is 27.8. The Hall–Kier alpha value is -1.62. The molecule has 160 valence electrons. The highest BCUT2D eigenvalue weighted by molar-refractivity contribution is 9.10. The number of allylic oxidation sites excluding steroid dienone is 2. The fourth-order valence-electron chi connectivity index (χ4n) is 7.24. The van der Waals surface area contributed by atoms with Gasteiger partial charge >= 0.3 is 6.03 Å². The molecule has 1 saturated heterocycles. The van der Waals surface area contributed by atoms with Crippen LogP contribution in [0, 0.1) is 28.6 Å². The first-order valence-electron chi connectivity index (χ1n) is 11.4. The minimum Gasteiger partial charge on any atom is -0.306 e. The fraction of sp³-hybridized carbons (Fsp3) is 0.600. The predicted octanol–water partition coefficient (Wildman–Crippen LogP) is 6.38. The van der Waals surface area contributed by atoms with Gasteiger partial charge in [0.05, 0.1) is 5.69 Å². The Bertz CT molecular complexity index is 927. The molecular formula is C25H31BrN2O2. The third-order valence-electron chi connectivity index (χ3n) is 8.86. The van der Waals surface area contributed by atoms with Gasteiger partial charge in [-0.1, -0.05) is 32.4 Å². The third-order valence-corrected chi connectivity index (χ3v) is 9.55. The van der Waals surface area contributed by atoms with Gasteiger partial charge in [0.15, 0.2) is 5.78 Å². The van der Waals surface area contributed by atoms with Crippen molar-refractivity contribution in [3.63, 3.8) is 0 Å². The van der Waals surface area contributed by atoms with Crippen molar-refractivity contribution in [1.82, 2.24) is 4.90 Å². The maximum absolute atomic E-state index is 13.5. The van der Waals surface area contributed by atoms with Crippen LogP contribution in [0.25, 0.3) is 0 Å². The van der Waals surface area contributed by atoms with E-state index in [4.69, 9.17) is 0 Å². The number of halogens is 1. The van der Waals surface area contributed by atoms with Crippen molar-refractivity contribution in [3.8, 4) is 0 Å². The van der Waals surface area contributed by atoms with E-state index in [0.29, 0.717) is 29.6 Å². The van der Waals surface area contributed by atoms with Crippen molar-refractivity contribution in [3.05, 3.63) is 40.5 Å². The van der Waals surface area contributed by atoms with Crippen molar-refractivity contribution >= 4 is 33.4 Å². The molecular weight excluding hydrogens is 440 g/mol. The summed E-state index contributed by atoms with van der Waals surface area (Å²) in [5.41, 5.74) is 2.05. The van der Waals surface area contributed by atoms with Crippen LogP contribution in [-0.2, 0) is 4.79 Å². The second kappa shape index (κ2) is 7.22. The van der Waals surface area contributed by atoms with Crippen LogP contribution in [0.3, 0.4) is 0 Å². The molecule has 5 heteroatoms. The third kappa shape index (κ3) is 3.07. The van der Waals surface area contributed by atoms with Crippen molar-refractivity contribution in [2.75, 3.05) is 11.9 Å². The molecule has 4 aliphatic rings. The number of hydrogen-bond donors (Lipinski definition) is 1. The summed E-state index contributed by atoms with van der Waals surface area (Å²) in [5, 5.41) is 3.10. The van der Waals surface area contributed by atoms with Crippen molar-refractivity contribution in [1.29, 1.82) is 0 Å². The van der Waals surface area contributed by atoms with Crippen molar-refractivity contribution in [2.24, 2.45) is 28.6 Å². The SMILES string of the molecule is C[C@@]12CCC[C@H]1[C@@H]1CN(C(=O)Nc3ccccc3Br)C3=CC(=O)CC[C@]3(C)[C@H]1CC2. The molecule has 3 fully saturated rings. The number of piperidine rings is 1. The van der Waals surface area contributed by atoms with E-state index in [1.807, 2.05) is 29.2 Å². The zero-order valence-electron chi connectivity index (χ0n) is 17.9. The van der Waals surface area contributed by atoms with Crippen LogP contribution in [0.4, 0.5) is 10.5 Å². The van der Waals surface area contributed by atoms with Crippen LogP contribution < -0.4 is 5.32 Å². The van der Waals surface area contributed by atoms with Crippen molar-refractivity contribution in [2.45, 2.75) is 58.8 Å². The maximum Gasteiger partial charge on any atom is 0.326 e. The monoisotopic (exact) mass is 470 g/mol. The lowest BCUT2D eigenvalue weighted by Crippen LogP contribution is -2.59. The first-order chi connectivity index (χ1) is 14.3. The summed E-state index contributed by atoms with van der Waals surface area (Å²) in [6.45, 7) is 5.53. The quantitative estimate of drug-likeness (QED) is 0.517. The Morgan fingerprint density at radius 3 is 2.73 bits per heavy atom. The van der Waals surface area contributed by atoms with Gasteiger partial charge in [0, 0.05) is 34.6 Å². The van der Waals surface area contributed by atoms with Gasteiger partial charge in [0.2, 0.25) is 0 Å². The first kappa shape index (κ1) is 20.3. The number of anilines is 1. The van der Waals surface area contributed by atoms with Crippen LogP contribution in [0.1, 0.15) is 58.8 Å². The minimum atomic E-state index is -0.113. The van der Waals surface area contributed by atoms with Crippen LogP contribution >= 0.6 is 15.9 Å². The maximum atomic E-state index is 13.5. The highest BCUT2D eigenvalue weighted by Gasteiger charge is 2.58. The largest absolute Gasteiger partial charge is 0.326 e. The number of hydrogen-bond acceptors (Lipinski definition) is 2. The molecule has 2 amide bonds. The Labute approximate surface area is 187 Å². The zero-order valence-corrected chi connectivity index (χ0v) is 19.5. The van der Waals surface area contributed by atoms with E-state index in [-0.39, 0.29) is 17.2 Å². The second-order valence-corrected chi connectivity index (χ2v) is 11.3. The summed E-state index contributed by atoms with van der Waals surface area (Å²) in [6.07, 6.45) is 9.67. The number of urea groups is 1. The first-order valence-corrected chi connectivity index (χ1v) is 12.2. The molecule has 0 unspecified atom stereocenters. The number of fused-ring (bicyclic) bond motifs is 5. The highest BCUT2D eigenvalue weighted by Crippen LogP contribution is 2.63. The Kier molecular flexibility index (Phi) is 4.88. The molecule has 0 bridgehead atoms. The van der Waals surface area contributed by atoms with Gasteiger partial charge in [-0.25, -0.2) is 4.79 Å². The molecule has 5 atom stereocenters. The number of para-hydroxylation sites is 1. The normalized spacial score (nSPS) is 37.7. The molecule has 1 heterocycles. The van der Waals surface area contributed by atoms with E-state index in [9.17, 15) is 9.59 Å². The van der Waals surface area contributed by atoms with E-state index >= 15 is 0 Å². The Balaban J connectivity index is 1.52. The lowest BCUT2D eigenvalue weighted by Gasteiger charge is -2.59. The number of nitrogens with zero attached hydrogens (tertiary/aromatic N) is 1. The predicted molar refractivity (Wildman–Crippen MR) is 122 cm³/mol. The molecule has 0 radical (unpaired) electrons. The molecule has 1 N–H and O–H groups in total. The van der Waals surface area contributed by atoms with Gasteiger partial charge in [-0.2, -0.15) is 0 Å². The number of carbonyl (C=O) groups excluding carboxylic acids is 2. The van der Waals surface area contributed by atoms with E-state index in [1.54, 1.807) is 6.08 Å². The van der Waals surface area contributed by atoms with Gasteiger partial charge in [0.25, 0.3) is 0 Å². The standard InChI is InChI=1S/C25H31BrN2O2/c1-24-11-5-6-18(24)17-15-28(23(30)27-21-8-4-3-7-20(21)26)22-14-16(29)9-13-25(22,2)19(17)10-12-24/h3-4,7-8,14,17-19H,5-6,9-13,15H2,1-2H3,(H,27,30)/t17-,18-,19-,24-,25+/m0/s1. The highest BCUT2D eigenvalue weighted by atomic mass is 79.9. The average Bonchev–Trinajstić information content (AvgIpc) is 3.12. The zero-order chi connectivity index (χ0) is 21.1. The van der Waals surface area contributed by atoms with Crippen LogP contribution in [0.2, 0.25) is 0 Å². The van der Waals surface area contributed by atoms with E-state index in [1.165, 1.54) is 32.1 Å². The van der Waals surface area contributed by atoms with E-state index in [2.05, 4.69) is 35.1 Å². The topological polar surface area (TPSA) is 49.4 Å². The molecule has 30 heavy (non-hydrogen) atoms. The van der Waals surface area contributed by atoms with Gasteiger partial charge in [-0.05, 0) is 83.3 Å². The van der Waals surface area contributed by atoms with Gasteiger partial charge in [-0.15, -0.1) is 0 Å². The molecule has 1 aromatic rings. The molecule has 1 aliphatic heterocycles. The minimum absolute atomic E-state index is 0.0913. The van der Waals surface area contributed by atoms with Crippen LogP contribution in [0.5, 0.6) is 0 Å². The number of nitrogens with one attached hydrogen (secondary N) is 1. The number of ketones is 1. The summed E-state index contributed by atoms with van der Waals surface area (Å²) in [6, 6.07) is 7.58. The lowest BCUT2D eigenvalue weighted by atomic mass is 9.50. The summed E-state index contributed by atoms with van der Waals surface area (Å²) >= 11 is 3.54. The number of likely N-dealkylation sites (tertiary alicyclic amines) is 1. The van der Waals surface area contributed by atoms with Crippen LogP contribution in [-0.4, -0.2) is 23.3 Å². The van der Waals surface area contributed by atoms with E-state index in [0.717, 1.165) is 28.8 Å². The number of amides is 2. The molecule has 3 aliphatic carbocycles.